The number of hydrogen-bond acceptors (Lipinski definition) is 4. The van der Waals surface area contributed by atoms with Crippen molar-refractivity contribution in [2.45, 2.75) is 44.5 Å². The molecule has 1 amide bonds. The Morgan fingerprint density at radius 2 is 2.11 bits per heavy atom. The molecule has 2 rings (SSSR count). The van der Waals surface area contributed by atoms with E-state index in [-0.39, 0.29) is 6.54 Å². The summed E-state index contributed by atoms with van der Waals surface area (Å²) < 4.78 is 47.0. The minimum absolute atomic E-state index is 0.0122. The summed E-state index contributed by atoms with van der Waals surface area (Å²) in [6.07, 6.45) is -1.94. The molecular formula is C19H24F3N3O3. The number of ether oxygens (including phenoxy) is 1. The average molecular weight is 399 g/mol. The first kappa shape index (κ1) is 21.7. The standard InChI is InChI=1S/C19H24F3N3O3/c1-3-4-10-28-15-7-5-6-14(11-15)13-24-16(26)12-18(27,19(20,21)22)17-23-8-9-25(17)2/h5-9,11,27H,3-4,10,12-13H2,1-2H3,(H,24,26). The molecule has 0 spiro atoms. The molecule has 0 aliphatic carbocycles. The van der Waals surface area contributed by atoms with Gasteiger partial charge in [0.2, 0.25) is 11.5 Å². The molecule has 0 saturated carbocycles. The normalized spacial score (nSPS) is 13.8. The highest BCUT2D eigenvalue weighted by Gasteiger charge is 2.58. The molecule has 9 heteroatoms. The number of rotatable bonds is 9. The Hall–Kier alpha value is -2.55. The maximum Gasteiger partial charge on any atom is 0.425 e. The second-order valence-corrected chi connectivity index (χ2v) is 6.52. The molecule has 2 N–H and O–H groups in total. The average Bonchev–Trinajstić information content (AvgIpc) is 3.06. The van der Waals surface area contributed by atoms with E-state index >= 15 is 0 Å². The Morgan fingerprint density at radius 3 is 2.71 bits per heavy atom. The highest BCUT2D eigenvalue weighted by molar-refractivity contribution is 5.77. The molecule has 0 fully saturated rings. The summed E-state index contributed by atoms with van der Waals surface area (Å²) in [6, 6.07) is 6.94. The van der Waals surface area contributed by atoms with Gasteiger partial charge in [-0.05, 0) is 24.1 Å². The van der Waals surface area contributed by atoms with Crippen LogP contribution in [0.3, 0.4) is 0 Å². The summed E-state index contributed by atoms with van der Waals surface area (Å²) in [4.78, 5) is 15.7. The molecular weight excluding hydrogens is 375 g/mol. The zero-order chi connectivity index (χ0) is 20.8. The van der Waals surface area contributed by atoms with E-state index < -0.39 is 29.9 Å². The quantitative estimate of drug-likeness (QED) is 0.636. The van der Waals surface area contributed by atoms with E-state index in [0.717, 1.165) is 23.6 Å². The van der Waals surface area contributed by atoms with E-state index in [1.54, 1.807) is 24.3 Å². The summed E-state index contributed by atoms with van der Waals surface area (Å²) in [5.41, 5.74) is -2.70. The zero-order valence-corrected chi connectivity index (χ0v) is 15.8. The SMILES string of the molecule is CCCCOc1cccc(CNC(=O)CC(O)(c2nccn2C)C(F)(F)F)c1. The van der Waals surface area contributed by atoms with Crippen molar-refractivity contribution < 1.29 is 27.8 Å². The number of halogens is 3. The summed E-state index contributed by atoms with van der Waals surface area (Å²) in [5, 5.41) is 12.6. The first-order valence-electron chi connectivity index (χ1n) is 8.92. The molecule has 1 atom stereocenters. The Bertz CT molecular complexity index is 792. The molecule has 0 saturated heterocycles. The number of aryl methyl sites for hydroxylation is 1. The molecule has 1 aromatic heterocycles. The van der Waals surface area contributed by atoms with Gasteiger partial charge in [0.05, 0.1) is 13.0 Å². The van der Waals surface area contributed by atoms with Crippen molar-refractivity contribution in [2.24, 2.45) is 7.05 Å². The van der Waals surface area contributed by atoms with E-state index in [1.165, 1.54) is 13.2 Å². The number of nitrogens with zero attached hydrogens (tertiary/aromatic N) is 2. The monoisotopic (exact) mass is 399 g/mol. The Balaban J connectivity index is 2.02. The Morgan fingerprint density at radius 1 is 1.36 bits per heavy atom. The highest BCUT2D eigenvalue weighted by atomic mass is 19.4. The van der Waals surface area contributed by atoms with Crippen molar-refractivity contribution in [1.29, 1.82) is 0 Å². The predicted molar refractivity (Wildman–Crippen MR) is 96.5 cm³/mol. The van der Waals surface area contributed by atoms with Gasteiger partial charge in [-0.15, -0.1) is 0 Å². The highest BCUT2D eigenvalue weighted by Crippen LogP contribution is 2.40. The molecule has 1 unspecified atom stereocenters. The van der Waals surface area contributed by atoms with Gasteiger partial charge in [0, 0.05) is 26.0 Å². The van der Waals surface area contributed by atoms with Gasteiger partial charge in [-0.1, -0.05) is 25.5 Å². The van der Waals surface area contributed by atoms with Gasteiger partial charge in [0.25, 0.3) is 0 Å². The lowest BCUT2D eigenvalue weighted by Gasteiger charge is -2.29. The molecule has 0 aliphatic rings. The number of unbranched alkanes of at least 4 members (excludes halogenated alkanes) is 1. The molecule has 0 bridgehead atoms. The number of aliphatic hydroxyl groups is 1. The fraction of sp³-hybridized carbons (Fsp3) is 0.474. The molecule has 154 valence electrons. The number of amides is 1. The van der Waals surface area contributed by atoms with E-state index in [0.29, 0.717) is 17.9 Å². The Kier molecular flexibility index (Phi) is 7.06. The minimum atomic E-state index is -5.06. The number of nitrogens with one attached hydrogen (secondary N) is 1. The number of imidazole rings is 1. The van der Waals surface area contributed by atoms with Crippen molar-refractivity contribution in [3.63, 3.8) is 0 Å². The number of benzene rings is 1. The van der Waals surface area contributed by atoms with Crippen LogP contribution in [-0.4, -0.2) is 33.3 Å². The van der Waals surface area contributed by atoms with Crippen LogP contribution in [0.2, 0.25) is 0 Å². The lowest BCUT2D eigenvalue weighted by atomic mass is 9.97. The maximum atomic E-state index is 13.5. The van der Waals surface area contributed by atoms with Crippen LogP contribution in [0.15, 0.2) is 36.7 Å². The van der Waals surface area contributed by atoms with E-state index in [4.69, 9.17) is 4.74 Å². The number of hydrogen-bond donors (Lipinski definition) is 2. The van der Waals surface area contributed by atoms with Crippen LogP contribution in [0.25, 0.3) is 0 Å². The van der Waals surface area contributed by atoms with Crippen LogP contribution in [0, 0.1) is 0 Å². The van der Waals surface area contributed by atoms with Crippen molar-refractivity contribution in [3.8, 4) is 5.75 Å². The van der Waals surface area contributed by atoms with Crippen LogP contribution in [-0.2, 0) is 24.0 Å². The van der Waals surface area contributed by atoms with Crippen LogP contribution in [0.1, 0.15) is 37.6 Å². The number of alkyl halides is 3. The molecule has 0 radical (unpaired) electrons. The van der Waals surface area contributed by atoms with Crippen LogP contribution in [0.5, 0.6) is 5.75 Å². The van der Waals surface area contributed by atoms with Crippen molar-refractivity contribution in [3.05, 3.63) is 48.0 Å². The van der Waals surface area contributed by atoms with Crippen LogP contribution in [0.4, 0.5) is 13.2 Å². The topological polar surface area (TPSA) is 76.4 Å². The zero-order valence-electron chi connectivity index (χ0n) is 15.8. The van der Waals surface area contributed by atoms with Gasteiger partial charge in [-0.3, -0.25) is 4.79 Å². The fourth-order valence-electron chi connectivity index (χ4n) is 2.65. The van der Waals surface area contributed by atoms with Crippen LogP contribution < -0.4 is 10.1 Å². The largest absolute Gasteiger partial charge is 0.494 e. The third-order valence-corrected chi connectivity index (χ3v) is 4.23. The van der Waals surface area contributed by atoms with Crippen molar-refractivity contribution in [2.75, 3.05) is 6.61 Å². The molecule has 2 aromatic rings. The van der Waals surface area contributed by atoms with Gasteiger partial charge >= 0.3 is 6.18 Å². The van der Waals surface area contributed by atoms with Crippen LogP contribution >= 0.6 is 0 Å². The van der Waals surface area contributed by atoms with Crippen molar-refractivity contribution >= 4 is 5.91 Å². The first-order valence-corrected chi connectivity index (χ1v) is 8.92. The fourth-order valence-corrected chi connectivity index (χ4v) is 2.65. The predicted octanol–water partition coefficient (Wildman–Crippen LogP) is 3.06. The van der Waals surface area contributed by atoms with Gasteiger partial charge in [0.1, 0.15) is 5.75 Å². The molecule has 28 heavy (non-hydrogen) atoms. The van der Waals surface area contributed by atoms with Crippen molar-refractivity contribution in [1.82, 2.24) is 14.9 Å². The summed E-state index contributed by atoms with van der Waals surface area (Å²) in [6.45, 7) is 2.62. The third-order valence-electron chi connectivity index (χ3n) is 4.23. The second-order valence-electron chi connectivity index (χ2n) is 6.52. The second kappa shape index (κ2) is 9.09. The van der Waals surface area contributed by atoms with Gasteiger partial charge < -0.3 is 19.7 Å². The third kappa shape index (κ3) is 5.25. The maximum absolute atomic E-state index is 13.5. The molecule has 6 nitrogen and oxygen atoms in total. The molecule has 0 aliphatic heterocycles. The number of aromatic nitrogens is 2. The summed E-state index contributed by atoms with van der Waals surface area (Å²) >= 11 is 0. The van der Waals surface area contributed by atoms with E-state index in [2.05, 4.69) is 10.3 Å². The van der Waals surface area contributed by atoms with E-state index in [1.807, 2.05) is 6.92 Å². The summed E-state index contributed by atoms with van der Waals surface area (Å²) in [7, 11) is 1.32. The smallest absolute Gasteiger partial charge is 0.425 e. The van der Waals surface area contributed by atoms with E-state index in [9.17, 15) is 23.1 Å². The molecule has 1 heterocycles. The number of carbonyl (C=O) groups is 1. The lowest BCUT2D eigenvalue weighted by molar-refractivity contribution is -0.271. The Labute approximate surface area is 161 Å². The van der Waals surface area contributed by atoms with Gasteiger partial charge in [-0.2, -0.15) is 13.2 Å². The molecule has 1 aromatic carbocycles. The lowest BCUT2D eigenvalue weighted by Crippen LogP contribution is -2.47. The summed E-state index contributed by atoms with van der Waals surface area (Å²) in [5.74, 6) is -0.957. The van der Waals surface area contributed by atoms with Gasteiger partial charge in [0.15, 0.2) is 5.82 Å². The first-order chi connectivity index (χ1) is 13.2. The van der Waals surface area contributed by atoms with Gasteiger partial charge in [-0.25, -0.2) is 4.98 Å². The number of carbonyl (C=O) groups excluding carboxylic acids is 1. The minimum Gasteiger partial charge on any atom is -0.494 e.